The van der Waals surface area contributed by atoms with Crippen molar-refractivity contribution in [2.45, 2.75) is 170 Å². The van der Waals surface area contributed by atoms with Crippen LogP contribution in [0.2, 0.25) is 0 Å². The number of carbonyl (C=O) groups is 2. The van der Waals surface area contributed by atoms with Crippen LogP contribution >= 0.6 is 0 Å². The minimum absolute atomic E-state index is 0.0381. The first-order chi connectivity index (χ1) is 26.9. The van der Waals surface area contributed by atoms with E-state index >= 15 is 0 Å². The topological polar surface area (TPSA) is 186 Å². The van der Waals surface area contributed by atoms with Gasteiger partial charge in [0.25, 0.3) is 0 Å². The third kappa shape index (κ3) is 6.46. The first-order valence-corrected chi connectivity index (χ1v) is 22.0. The van der Waals surface area contributed by atoms with Crippen LogP contribution in [-0.2, 0) is 28.5 Å². The largest absolute Gasteiger partial charge is 0.457 e. The van der Waals surface area contributed by atoms with Gasteiger partial charge in [-0.15, -0.1) is 0 Å². The molecule has 13 heteroatoms. The molecular formula is C43H64N6O7. The summed E-state index contributed by atoms with van der Waals surface area (Å²) in [7, 11) is 0. The van der Waals surface area contributed by atoms with E-state index < -0.39 is 29.3 Å². The summed E-state index contributed by atoms with van der Waals surface area (Å²) in [6.45, 7) is 7.68. The van der Waals surface area contributed by atoms with Crippen LogP contribution in [0.4, 0.5) is 0 Å². The Labute approximate surface area is 331 Å². The van der Waals surface area contributed by atoms with E-state index in [2.05, 4.69) is 32.8 Å². The third-order valence-electron chi connectivity index (χ3n) is 16.1. The number of carbonyl (C=O) groups excluding carboxylic acids is 2. The Kier molecular flexibility index (Phi) is 9.64. The first-order valence-electron chi connectivity index (χ1n) is 22.0. The predicted octanol–water partition coefficient (Wildman–Crippen LogP) is 2.65. The van der Waals surface area contributed by atoms with Crippen LogP contribution in [0, 0.1) is 41.4 Å². The van der Waals surface area contributed by atoms with Crippen LogP contribution in [0.5, 0.6) is 0 Å². The van der Waals surface area contributed by atoms with Gasteiger partial charge in [-0.05, 0) is 108 Å². The number of hydrogen-bond donors (Lipinski definition) is 5. The summed E-state index contributed by atoms with van der Waals surface area (Å²) in [4.78, 5) is 34.3. The van der Waals surface area contributed by atoms with Crippen LogP contribution in [-0.4, -0.2) is 113 Å². The number of nitrogens with two attached hydrogens (primary N) is 2. The monoisotopic (exact) mass is 776 g/mol. The highest BCUT2D eigenvalue weighted by Crippen LogP contribution is 2.55. The van der Waals surface area contributed by atoms with Gasteiger partial charge < -0.3 is 40.4 Å². The lowest BCUT2D eigenvalue weighted by atomic mass is 9.61. The maximum atomic E-state index is 14.2. The SMILES string of the molecule is CC1CC(=O)C2C(CC3OC(C)(C)[C@@H]4OC(=O)[C@]5(CCC[C@@H]4C3C2O)O[C@@H]5CCC2CC(N)NC3C2CCCC2C(N)NC(CN4C=C5C=CN=C5C4)CC23)O1. The van der Waals surface area contributed by atoms with Crippen LogP contribution in [0.3, 0.4) is 0 Å². The molecule has 10 rings (SSSR count). The fourth-order valence-corrected chi connectivity index (χ4v) is 13.8. The van der Waals surface area contributed by atoms with E-state index in [1.54, 1.807) is 0 Å². The number of nitrogens with one attached hydrogen (secondary N) is 2. The van der Waals surface area contributed by atoms with Crippen LogP contribution in [0.15, 0.2) is 29.0 Å². The number of hydrogen-bond acceptors (Lipinski definition) is 13. The van der Waals surface area contributed by atoms with Gasteiger partial charge >= 0.3 is 5.97 Å². The molecule has 0 aromatic heterocycles. The summed E-state index contributed by atoms with van der Waals surface area (Å²) in [5.41, 5.74) is 14.4. The fourth-order valence-electron chi connectivity index (χ4n) is 13.8. The van der Waals surface area contributed by atoms with Crippen LogP contribution < -0.4 is 22.1 Å². The highest BCUT2D eigenvalue weighted by Gasteiger charge is 2.67. The molecule has 8 aliphatic heterocycles. The van der Waals surface area contributed by atoms with E-state index in [9.17, 15) is 14.7 Å². The molecule has 0 bridgehead atoms. The van der Waals surface area contributed by atoms with Gasteiger partial charge in [0.2, 0.25) is 0 Å². The second-order valence-electron chi connectivity index (χ2n) is 19.9. The lowest BCUT2D eigenvalue weighted by Crippen LogP contribution is -2.67. The average Bonchev–Trinajstić information content (AvgIpc) is 3.55. The molecule has 13 nitrogen and oxygen atoms in total. The van der Waals surface area contributed by atoms with Crippen molar-refractivity contribution in [1.29, 1.82) is 0 Å². The van der Waals surface area contributed by atoms with Crippen LogP contribution in [0.1, 0.15) is 97.8 Å². The Hall–Kier alpha value is -2.23. The number of aliphatic hydroxyl groups is 1. The Balaban J connectivity index is 0.798. The van der Waals surface area contributed by atoms with Gasteiger partial charge in [-0.25, -0.2) is 4.79 Å². The zero-order valence-corrected chi connectivity index (χ0v) is 33.4. The highest BCUT2D eigenvalue weighted by molar-refractivity contribution is 6.07. The van der Waals surface area contributed by atoms with E-state index in [-0.39, 0.29) is 60.3 Å². The number of aliphatic hydroxyl groups excluding tert-OH is 1. The number of piperidine rings is 2. The van der Waals surface area contributed by atoms with Crippen molar-refractivity contribution >= 4 is 17.5 Å². The average molecular weight is 777 g/mol. The lowest BCUT2D eigenvalue weighted by molar-refractivity contribution is -0.280. The van der Waals surface area contributed by atoms with Crippen molar-refractivity contribution in [3.05, 3.63) is 24.0 Å². The minimum Gasteiger partial charge on any atom is -0.457 e. The summed E-state index contributed by atoms with van der Waals surface area (Å²) in [6.07, 6.45) is 14.0. The molecule has 0 amide bonds. The number of nitrogens with zero attached hydrogens (tertiary/aromatic N) is 2. The second-order valence-corrected chi connectivity index (χ2v) is 19.9. The number of epoxide rings is 1. The number of ether oxygens (including phenoxy) is 4. The molecule has 7 N–H and O–H groups in total. The van der Waals surface area contributed by atoms with Gasteiger partial charge in [0.05, 0.1) is 61.0 Å². The maximum Gasteiger partial charge on any atom is 0.341 e. The number of ketones is 1. The number of esters is 1. The molecule has 6 saturated heterocycles. The number of fused-ring (bicyclic) bond motifs is 8. The predicted molar refractivity (Wildman–Crippen MR) is 208 cm³/mol. The molecule has 10 aliphatic rings. The molecule has 308 valence electrons. The molecule has 2 aliphatic carbocycles. The maximum absolute atomic E-state index is 14.2. The quantitative estimate of drug-likeness (QED) is 0.204. The standard InChI is InChI=1S/C43H64N6O7/c1-21-14-30(50)36-31(53-21)17-32-35(38(36)51)27-8-5-12-43(41(52)54-39(27)42(2,3)55-32)33(56-43)10-9-22-15-34(44)48-37-25(22)6-4-7-26-28(37)16-24(47-40(26)45)19-49-18-23-11-13-46-29(23)20-49/h11,13,18,21-22,24-28,31-40,47-48,51H,4-10,12,14-17,19-20,44-45H2,1-3H3/t21?,22?,24?,25?,26?,27-,28?,31?,32?,33-,34?,35?,36?,37?,38?,39-,40?,43-/m1/s1. The molecule has 8 fully saturated rings. The van der Waals surface area contributed by atoms with E-state index in [1.807, 2.05) is 27.0 Å². The van der Waals surface area contributed by atoms with Crippen molar-refractivity contribution in [3.63, 3.8) is 0 Å². The Morgan fingerprint density at radius 3 is 2.64 bits per heavy atom. The van der Waals surface area contributed by atoms with E-state index in [4.69, 9.17) is 30.4 Å². The van der Waals surface area contributed by atoms with E-state index in [1.165, 1.54) is 5.57 Å². The molecular weight excluding hydrogens is 713 g/mol. The zero-order valence-electron chi connectivity index (χ0n) is 33.4. The molecule has 56 heavy (non-hydrogen) atoms. The van der Waals surface area contributed by atoms with Crippen molar-refractivity contribution < 1.29 is 33.6 Å². The highest BCUT2D eigenvalue weighted by atomic mass is 16.7. The van der Waals surface area contributed by atoms with Crippen LogP contribution in [0.25, 0.3) is 0 Å². The summed E-state index contributed by atoms with van der Waals surface area (Å²) < 4.78 is 25.8. The fraction of sp³-hybridized carbons (Fsp3) is 0.837. The van der Waals surface area contributed by atoms with Crippen molar-refractivity contribution in [2.75, 3.05) is 13.1 Å². The van der Waals surface area contributed by atoms with Crippen molar-refractivity contribution in [3.8, 4) is 0 Å². The minimum atomic E-state index is -0.930. The molecule has 8 heterocycles. The number of aliphatic imine (C=N–C) groups is 1. The van der Waals surface area contributed by atoms with Gasteiger partial charge in [0, 0.05) is 61.3 Å². The molecule has 0 aromatic rings. The molecule has 18 atom stereocenters. The van der Waals surface area contributed by atoms with Gasteiger partial charge in [-0.1, -0.05) is 6.42 Å². The summed E-state index contributed by atoms with van der Waals surface area (Å²) in [6, 6.07) is 0.610. The number of rotatable bonds is 5. The number of allylic oxidation sites excluding steroid dienone is 1. The zero-order chi connectivity index (χ0) is 38.7. The summed E-state index contributed by atoms with van der Waals surface area (Å²) in [5.74, 6) is 0.606. The Morgan fingerprint density at radius 2 is 1.80 bits per heavy atom. The molecule has 0 radical (unpaired) electrons. The smallest absolute Gasteiger partial charge is 0.341 e. The van der Waals surface area contributed by atoms with Gasteiger partial charge in [-0.3, -0.25) is 20.4 Å². The van der Waals surface area contributed by atoms with Crippen molar-refractivity contribution in [1.82, 2.24) is 15.5 Å². The molecule has 14 unspecified atom stereocenters. The first kappa shape index (κ1) is 38.0. The lowest BCUT2D eigenvalue weighted by Gasteiger charge is -2.57. The number of Topliss-reactive ketones (excluding diaryl/α,β-unsaturated/α-hetero) is 1. The van der Waals surface area contributed by atoms with Crippen molar-refractivity contribution in [2.24, 2.45) is 57.9 Å². The molecule has 2 saturated carbocycles. The summed E-state index contributed by atoms with van der Waals surface area (Å²) in [5, 5.41) is 19.4. The normalized spacial score (nSPS) is 50.5. The second kappa shape index (κ2) is 14.2. The van der Waals surface area contributed by atoms with Gasteiger partial charge in [-0.2, -0.15) is 0 Å². The Morgan fingerprint density at radius 1 is 0.982 bits per heavy atom. The third-order valence-corrected chi connectivity index (χ3v) is 16.1. The van der Waals surface area contributed by atoms with E-state index in [0.29, 0.717) is 55.0 Å². The van der Waals surface area contributed by atoms with E-state index in [0.717, 1.165) is 76.6 Å². The Bertz CT molecular complexity index is 1670. The van der Waals surface area contributed by atoms with Gasteiger partial charge in [0.1, 0.15) is 17.5 Å². The van der Waals surface area contributed by atoms with Gasteiger partial charge in [0.15, 0.2) is 5.60 Å². The molecule has 0 aromatic carbocycles. The molecule has 1 spiro atoms. The summed E-state index contributed by atoms with van der Waals surface area (Å²) >= 11 is 0.